The first-order valence-corrected chi connectivity index (χ1v) is 6.38. The van der Waals surface area contributed by atoms with Gasteiger partial charge in [-0.1, -0.05) is 11.8 Å². The second-order valence-electron chi connectivity index (χ2n) is 3.57. The van der Waals surface area contributed by atoms with E-state index in [0.29, 0.717) is 17.5 Å². The van der Waals surface area contributed by atoms with Gasteiger partial charge in [-0.15, -0.1) is 10.2 Å². The van der Waals surface area contributed by atoms with Gasteiger partial charge in [0.05, 0.1) is 5.75 Å². The molecule has 0 unspecified atom stereocenters. The van der Waals surface area contributed by atoms with Crippen molar-refractivity contribution in [3.8, 4) is 11.5 Å². The van der Waals surface area contributed by atoms with Crippen LogP contribution in [0.4, 0.5) is 0 Å². The Kier molecular flexibility index (Phi) is 3.66. The zero-order valence-corrected chi connectivity index (χ0v) is 10.9. The number of aromatic nitrogens is 5. The molecule has 7 nitrogen and oxygen atoms in total. The topological polar surface area (TPSA) is 85.8 Å². The molecule has 0 aliphatic heterocycles. The molecule has 8 heteroatoms. The predicted octanol–water partition coefficient (Wildman–Crippen LogP) is 0.875. The van der Waals surface area contributed by atoms with Gasteiger partial charge in [-0.25, -0.2) is 0 Å². The number of nitrogens with zero attached hydrogens (tertiary/aromatic N) is 5. The van der Waals surface area contributed by atoms with Crippen LogP contribution in [0.25, 0.3) is 11.5 Å². The minimum absolute atomic E-state index is 0.0243. The molecule has 2 aromatic rings. The average molecular weight is 267 g/mol. The van der Waals surface area contributed by atoms with Crippen LogP contribution in [0.1, 0.15) is 6.92 Å². The molecule has 0 aliphatic carbocycles. The van der Waals surface area contributed by atoms with E-state index in [0.717, 1.165) is 17.5 Å². The highest BCUT2D eigenvalue weighted by molar-refractivity contribution is 7.99. The molecule has 0 spiro atoms. The summed E-state index contributed by atoms with van der Waals surface area (Å²) in [6.45, 7) is 2.64. The Bertz CT molecular complexity index is 562. The number of hydrogen-bond acceptors (Lipinski definition) is 5. The first-order valence-electron chi connectivity index (χ1n) is 5.39. The summed E-state index contributed by atoms with van der Waals surface area (Å²) in [4.78, 5) is 10.6. The highest BCUT2D eigenvalue weighted by atomic mass is 32.2. The van der Waals surface area contributed by atoms with Gasteiger partial charge in [-0.2, -0.15) is 5.10 Å². The quantitative estimate of drug-likeness (QED) is 0.809. The first kappa shape index (κ1) is 12.6. The van der Waals surface area contributed by atoms with Crippen LogP contribution in [0.5, 0.6) is 0 Å². The summed E-state index contributed by atoms with van der Waals surface area (Å²) in [7, 11) is 1.83. The van der Waals surface area contributed by atoms with Gasteiger partial charge in [0.15, 0.2) is 11.0 Å². The lowest BCUT2D eigenvalue weighted by Gasteiger charge is -2.06. The molecule has 0 fully saturated rings. The Labute approximate surface area is 108 Å². The summed E-state index contributed by atoms with van der Waals surface area (Å²) in [5, 5.41) is 21.5. The van der Waals surface area contributed by atoms with Crippen molar-refractivity contribution >= 4 is 17.7 Å². The van der Waals surface area contributed by atoms with Gasteiger partial charge in [-0.05, 0) is 13.0 Å². The largest absolute Gasteiger partial charge is 0.481 e. The van der Waals surface area contributed by atoms with Crippen molar-refractivity contribution in [1.29, 1.82) is 0 Å². The van der Waals surface area contributed by atoms with Crippen molar-refractivity contribution in [2.75, 3.05) is 5.75 Å². The zero-order valence-electron chi connectivity index (χ0n) is 10.1. The number of hydrogen-bond donors (Lipinski definition) is 1. The molecule has 96 valence electrons. The summed E-state index contributed by atoms with van der Waals surface area (Å²) in [5.41, 5.74) is 0.853. The second-order valence-corrected chi connectivity index (χ2v) is 4.52. The molecule has 0 atom stereocenters. The third kappa shape index (κ3) is 2.37. The van der Waals surface area contributed by atoms with Crippen LogP contribution in [-0.2, 0) is 18.4 Å². The van der Waals surface area contributed by atoms with Crippen molar-refractivity contribution in [2.45, 2.75) is 18.6 Å². The molecular weight excluding hydrogens is 254 g/mol. The summed E-state index contributed by atoms with van der Waals surface area (Å²) >= 11 is 1.16. The van der Waals surface area contributed by atoms with Gasteiger partial charge in [0.1, 0.15) is 5.69 Å². The van der Waals surface area contributed by atoms with E-state index in [1.807, 2.05) is 24.6 Å². The fraction of sp³-hybridized carbons (Fsp3) is 0.400. The summed E-state index contributed by atoms with van der Waals surface area (Å²) < 4.78 is 3.59. The Morgan fingerprint density at radius 2 is 2.28 bits per heavy atom. The van der Waals surface area contributed by atoms with E-state index in [1.165, 1.54) is 0 Å². The van der Waals surface area contributed by atoms with E-state index in [9.17, 15) is 4.79 Å². The number of thioether (sulfide) groups is 1. The van der Waals surface area contributed by atoms with Gasteiger partial charge in [0, 0.05) is 19.8 Å². The Morgan fingerprint density at radius 1 is 1.50 bits per heavy atom. The Hall–Kier alpha value is -1.83. The van der Waals surface area contributed by atoms with Gasteiger partial charge in [-0.3, -0.25) is 9.48 Å². The highest BCUT2D eigenvalue weighted by Crippen LogP contribution is 2.23. The molecule has 2 rings (SSSR count). The van der Waals surface area contributed by atoms with Crippen LogP contribution in [0.2, 0.25) is 0 Å². The summed E-state index contributed by atoms with van der Waals surface area (Å²) in [6, 6.07) is 1.85. The monoisotopic (exact) mass is 267 g/mol. The number of aliphatic carboxylic acids is 1. The standard InChI is InChI=1S/C10H13N5O2S/c1-3-15-9(7-4-5-11-14(7)2)12-13-10(15)18-6-8(16)17/h4-5H,3,6H2,1-2H3,(H,16,17). The molecule has 0 bridgehead atoms. The third-order valence-corrected chi connectivity index (χ3v) is 3.36. The molecule has 1 N–H and O–H groups in total. The van der Waals surface area contributed by atoms with E-state index in [2.05, 4.69) is 15.3 Å². The molecule has 0 aliphatic rings. The number of carboxylic acids is 1. The van der Waals surface area contributed by atoms with Gasteiger partial charge in [0.25, 0.3) is 0 Å². The first-order chi connectivity index (χ1) is 8.63. The minimum Gasteiger partial charge on any atom is -0.481 e. The molecule has 0 saturated heterocycles. The van der Waals surface area contributed by atoms with Crippen LogP contribution in [0, 0.1) is 0 Å². The van der Waals surface area contributed by atoms with E-state index < -0.39 is 5.97 Å². The molecule has 0 aromatic carbocycles. The van der Waals surface area contributed by atoms with Crippen molar-refractivity contribution in [3.63, 3.8) is 0 Å². The molecule has 2 aromatic heterocycles. The van der Waals surface area contributed by atoms with Crippen LogP contribution in [0.15, 0.2) is 17.4 Å². The molecule has 2 heterocycles. The fourth-order valence-corrected chi connectivity index (χ4v) is 2.31. The maximum Gasteiger partial charge on any atom is 0.313 e. The van der Waals surface area contributed by atoms with E-state index >= 15 is 0 Å². The van der Waals surface area contributed by atoms with Crippen molar-refractivity contribution in [3.05, 3.63) is 12.3 Å². The minimum atomic E-state index is -0.868. The SMILES string of the molecule is CCn1c(SCC(=O)O)nnc1-c1ccnn1C. The highest BCUT2D eigenvalue weighted by Gasteiger charge is 2.16. The van der Waals surface area contributed by atoms with E-state index in [-0.39, 0.29) is 5.75 Å². The molecular formula is C10H13N5O2S. The summed E-state index contributed by atoms with van der Waals surface area (Å²) in [5.74, 6) is -0.193. The zero-order chi connectivity index (χ0) is 13.1. The van der Waals surface area contributed by atoms with E-state index in [1.54, 1.807) is 10.9 Å². The van der Waals surface area contributed by atoms with Crippen LogP contribution in [-0.4, -0.2) is 41.4 Å². The fourth-order valence-electron chi connectivity index (χ4n) is 1.59. The second kappa shape index (κ2) is 5.21. The molecule has 0 amide bonds. The normalized spacial score (nSPS) is 10.8. The van der Waals surface area contributed by atoms with Crippen LogP contribution < -0.4 is 0 Å². The smallest absolute Gasteiger partial charge is 0.313 e. The van der Waals surface area contributed by atoms with Crippen molar-refractivity contribution in [2.24, 2.45) is 7.05 Å². The van der Waals surface area contributed by atoms with Crippen molar-refractivity contribution < 1.29 is 9.90 Å². The average Bonchev–Trinajstić information content (AvgIpc) is 2.91. The maximum atomic E-state index is 10.6. The number of rotatable bonds is 5. The number of carbonyl (C=O) groups is 1. The lowest BCUT2D eigenvalue weighted by Crippen LogP contribution is -2.05. The molecule has 0 saturated carbocycles. The lowest BCUT2D eigenvalue weighted by molar-refractivity contribution is -0.133. The van der Waals surface area contributed by atoms with Gasteiger partial charge < -0.3 is 9.67 Å². The van der Waals surface area contributed by atoms with Crippen LogP contribution >= 0.6 is 11.8 Å². The Morgan fingerprint density at radius 3 is 2.83 bits per heavy atom. The predicted molar refractivity (Wildman–Crippen MR) is 66.3 cm³/mol. The van der Waals surface area contributed by atoms with Crippen LogP contribution in [0.3, 0.4) is 0 Å². The van der Waals surface area contributed by atoms with Crippen molar-refractivity contribution in [1.82, 2.24) is 24.5 Å². The van der Waals surface area contributed by atoms with Gasteiger partial charge in [0.2, 0.25) is 0 Å². The number of aryl methyl sites for hydroxylation is 1. The molecule has 18 heavy (non-hydrogen) atoms. The number of carboxylic acid groups (broad SMARTS) is 1. The third-order valence-electron chi connectivity index (χ3n) is 2.41. The summed E-state index contributed by atoms with van der Waals surface area (Å²) in [6.07, 6.45) is 1.69. The molecule has 0 radical (unpaired) electrons. The van der Waals surface area contributed by atoms with Gasteiger partial charge >= 0.3 is 5.97 Å². The maximum absolute atomic E-state index is 10.6. The Balaban J connectivity index is 2.33. The van der Waals surface area contributed by atoms with E-state index in [4.69, 9.17) is 5.11 Å². The lowest BCUT2D eigenvalue weighted by atomic mass is 10.4.